The summed E-state index contributed by atoms with van der Waals surface area (Å²) >= 11 is 0. The highest BCUT2D eigenvalue weighted by atomic mass is 16.6. The number of ether oxygens (including phenoxy) is 1. The molecule has 2 amide bonds. The maximum atomic E-state index is 11.9. The van der Waals surface area contributed by atoms with Gasteiger partial charge in [-0.05, 0) is 20.8 Å². The molecule has 18 heavy (non-hydrogen) atoms. The van der Waals surface area contributed by atoms with Crippen LogP contribution in [-0.2, 0) is 9.53 Å². The molecular formula is C13H18N2O3. The predicted octanol–water partition coefficient (Wildman–Crippen LogP) is 1.78. The molecule has 5 nitrogen and oxygen atoms in total. The number of nitrogens with zero attached hydrogens (tertiary/aromatic N) is 2. The molecule has 1 atom stereocenters. The fourth-order valence-electron chi connectivity index (χ4n) is 2.05. The van der Waals surface area contributed by atoms with Gasteiger partial charge in [-0.15, -0.1) is 0 Å². The molecule has 1 unspecified atom stereocenters. The number of dihydropyridines is 1. The Morgan fingerprint density at radius 2 is 2.22 bits per heavy atom. The van der Waals surface area contributed by atoms with Crippen LogP contribution >= 0.6 is 0 Å². The Hall–Kier alpha value is -1.65. The Morgan fingerprint density at radius 1 is 1.50 bits per heavy atom. The van der Waals surface area contributed by atoms with Crippen LogP contribution in [0.25, 0.3) is 0 Å². The molecule has 0 spiro atoms. The van der Waals surface area contributed by atoms with Gasteiger partial charge in [0.25, 0.3) is 5.91 Å². The number of carbonyl (C=O) groups excluding carboxylic acids is 2. The summed E-state index contributed by atoms with van der Waals surface area (Å²) in [5.74, 6) is -0.143. The van der Waals surface area contributed by atoms with Gasteiger partial charge in [0.1, 0.15) is 5.60 Å². The van der Waals surface area contributed by atoms with E-state index in [1.165, 1.54) is 6.08 Å². The lowest BCUT2D eigenvalue weighted by molar-refractivity contribution is -0.113. The van der Waals surface area contributed by atoms with Crippen molar-refractivity contribution in [3.63, 3.8) is 0 Å². The van der Waals surface area contributed by atoms with Crippen LogP contribution in [0.2, 0.25) is 0 Å². The predicted molar refractivity (Wildman–Crippen MR) is 67.5 cm³/mol. The smallest absolute Gasteiger partial charge is 0.410 e. The van der Waals surface area contributed by atoms with E-state index in [4.69, 9.17) is 4.74 Å². The van der Waals surface area contributed by atoms with Crippen LogP contribution < -0.4 is 0 Å². The van der Waals surface area contributed by atoms with Crippen molar-refractivity contribution in [2.24, 2.45) is 10.9 Å². The summed E-state index contributed by atoms with van der Waals surface area (Å²) in [5.41, 5.74) is 0.395. The number of aliphatic imine (C=N–C) groups is 1. The lowest BCUT2D eigenvalue weighted by Crippen LogP contribution is -2.46. The van der Waals surface area contributed by atoms with Crippen molar-refractivity contribution >= 4 is 17.7 Å². The molecule has 0 aromatic heterocycles. The molecule has 0 bridgehead atoms. The Kier molecular flexibility index (Phi) is 3.24. The van der Waals surface area contributed by atoms with Crippen LogP contribution in [0.1, 0.15) is 27.2 Å². The van der Waals surface area contributed by atoms with Crippen molar-refractivity contribution in [2.45, 2.75) is 32.8 Å². The molecule has 0 saturated carbocycles. The number of piperidine rings is 1. The second-order valence-electron chi connectivity index (χ2n) is 5.58. The zero-order valence-corrected chi connectivity index (χ0v) is 11.0. The lowest BCUT2D eigenvalue weighted by Gasteiger charge is -2.34. The van der Waals surface area contributed by atoms with Gasteiger partial charge in [-0.3, -0.25) is 4.79 Å². The minimum absolute atomic E-state index is 0.0592. The SMILES string of the molecule is CC(C)(C)OC(=O)N1CCC2=NC(=O)C=CC2C1. The van der Waals surface area contributed by atoms with Crippen molar-refractivity contribution in [2.75, 3.05) is 13.1 Å². The van der Waals surface area contributed by atoms with E-state index in [-0.39, 0.29) is 17.9 Å². The fraction of sp³-hybridized carbons (Fsp3) is 0.615. The third-order valence-corrected chi connectivity index (χ3v) is 2.86. The van der Waals surface area contributed by atoms with Crippen LogP contribution in [0.4, 0.5) is 4.79 Å². The largest absolute Gasteiger partial charge is 0.444 e. The van der Waals surface area contributed by atoms with Gasteiger partial charge in [-0.1, -0.05) is 6.08 Å². The van der Waals surface area contributed by atoms with E-state index in [0.717, 1.165) is 5.71 Å². The quantitative estimate of drug-likeness (QED) is 0.658. The maximum absolute atomic E-state index is 11.9. The molecule has 0 aliphatic carbocycles. The standard InChI is InChI=1S/C13H18N2O3/c1-13(2,3)18-12(17)15-7-6-10-9(8-15)4-5-11(16)14-10/h4-5,9H,6-8H2,1-3H3. The number of rotatable bonds is 0. The van der Waals surface area contributed by atoms with Crippen molar-refractivity contribution < 1.29 is 14.3 Å². The second kappa shape index (κ2) is 4.55. The molecule has 2 aliphatic heterocycles. The van der Waals surface area contributed by atoms with Gasteiger partial charge in [-0.2, -0.15) is 0 Å². The first-order valence-electron chi connectivity index (χ1n) is 6.13. The molecular weight excluding hydrogens is 232 g/mol. The Labute approximate surface area is 107 Å². The molecule has 1 saturated heterocycles. The van der Waals surface area contributed by atoms with Gasteiger partial charge >= 0.3 is 6.09 Å². The third kappa shape index (κ3) is 2.97. The summed E-state index contributed by atoms with van der Waals surface area (Å²) in [7, 11) is 0. The lowest BCUT2D eigenvalue weighted by atomic mass is 9.93. The number of hydrogen-bond donors (Lipinski definition) is 0. The van der Waals surface area contributed by atoms with E-state index < -0.39 is 5.60 Å². The minimum Gasteiger partial charge on any atom is -0.444 e. The highest BCUT2D eigenvalue weighted by molar-refractivity contribution is 6.05. The maximum Gasteiger partial charge on any atom is 0.410 e. The monoisotopic (exact) mass is 250 g/mol. The van der Waals surface area contributed by atoms with Crippen molar-refractivity contribution in [3.05, 3.63) is 12.2 Å². The number of likely N-dealkylation sites (tertiary alicyclic amines) is 1. The summed E-state index contributed by atoms with van der Waals surface area (Å²) in [4.78, 5) is 28.7. The Morgan fingerprint density at radius 3 is 2.89 bits per heavy atom. The van der Waals surface area contributed by atoms with E-state index in [0.29, 0.717) is 19.5 Å². The Balaban J connectivity index is 2.00. The molecule has 2 rings (SSSR count). The fourth-order valence-corrected chi connectivity index (χ4v) is 2.05. The molecule has 0 N–H and O–H groups in total. The molecule has 0 radical (unpaired) electrons. The van der Waals surface area contributed by atoms with Crippen LogP contribution in [0.5, 0.6) is 0 Å². The van der Waals surface area contributed by atoms with Crippen molar-refractivity contribution in [1.29, 1.82) is 0 Å². The van der Waals surface area contributed by atoms with Gasteiger partial charge in [0.2, 0.25) is 0 Å². The first kappa shape index (κ1) is 12.8. The van der Waals surface area contributed by atoms with Gasteiger partial charge in [0.15, 0.2) is 0 Å². The molecule has 1 fully saturated rings. The highest BCUT2D eigenvalue weighted by Crippen LogP contribution is 2.21. The van der Waals surface area contributed by atoms with Gasteiger partial charge in [-0.25, -0.2) is 9.79 Å². The summed E-state index contributed by atoms with van der Waals surface area (Å²) in [6.07, 6.45) is 3.63. The highest BCUT2D eigenvalue weighted by Gasteiger charge is 2.31. The number of amides is 2. The zero-order valence-electron chi connectivity index (χ0n) is 11.0. The minimum atomic E-state index is -0.482. The van der Waals surface area contributed by atoms with E-state index in [1.54, 1.807) is 4.90 Å². The summed E-state index contributed by atoms with van der Waals surface area (Å²) in [6, 6.07) is 0. The molecule has 2 heterocycles. The molecule has 2 aliphatic rings. The number of carbonyl (C=O) groups is 2. The van der Waals surface area contributed by atoms with Gasteiger partial charge < -0.3 is 9.64 Å². The van der Waals surface area contributed by atoms with Crippen LogP contribution in [0.3, 0.4) is 0 Å². The average molecular weight is 250 g/mol. The number of hydrogen-bond acceptors (Lipinski definition) is 3. The molecule has 0 aromatic carbocycles. The van der Waals surface area contributed by atoms with Crippen molar-refractivity contribution in [3.8, 4) is 0 Å². The first-order valence-corrected chi connectivity index (χ1v) is 6.13. The summed E-state index contributed by atoms with van der Waals surface area (Å²) in [6.45, 7) is 6.64. The van der Waals surface area contributed by atoms with Gasteiger partial charge in [0, 0.05) is 37.2 Å². The summed E-state index contributed by atoms with van der Waals surface area (Å²) in [5, 5.41) is 0. The average Bonchev–Trinajstić information content (AvgIpc) is 2.26. The zero-order chi connectivity index (χ0) is 13.3. The van der Waals surface area contributed by atoms with Crippen molar-refractivity contribution in [1.82, 2.24) is 4.90 Å². The van der Waals surface area contributed by atoms with E-state index in [2.05, 4.69) is 4.99 Å². The van der Waals surface area contributed by atoms with Crippen LogP contribution in [-0.4, -0.2) is 41.3 Å². The second-order valence-corrected chi connectivity index (χ2v) is 5.58. The van der Waals surface area contributed by atoms with Gasteiger partial charge in [0.05, 0.1) is 0 Å². The molecule has 0 aromatic rings. The van der Waals surface area contributed by atoms with E-state index in [1.807, 2.05) is 26.8 Å². The summed E-state index contributed by atoms with van der Waals surface area (Å²) < 4.78 is 5.33. The van der Waals surface area contributed by atoms with Crippen LogP contribution in [0.15, 0.2) is 17.1 Å². The van der Waals surface area contributed by atoms with E-state index >= 15 is 0 Å². The molecule has 98 valence electrons. The number of fused-ring (bicyclic) bond motifs is 1. The molecule has 5 heteroatoms. The third-order valence-electron chi connectivity index (χ3n) is 2.86. The normalized spacial score (nSPS) is 23.5. The topological polar surface area (TPSA) is 59.0 Å². The van der Waals surface area contributed by atoms with Crippen LogP contribution in [0, 0.1) is 5.92 Å². The Bertz CT molecular complexity index is 432. The van der Waals surface area contributed by atoms with E-state index in [9.17, 15) is 9.59 Å². The first-order chi connectivity index (χ1) is 8.35.